The molecule has 1 fully saturated rings. The van der Waals surface area contributed by atoms with Crippen LogP contribution in [0.2, 0.25) is 0 Å². The molecule has 1 aliphatic heterocycles. The molecule has 4 heteroatoms. The lowest BCUT2D eigenvalue weighted by Gasteiger charge is -2.16. The molecule has 1 saturated heterocycles. The summed E-state index contributed by atoms with van der Waals surface area (Å²) in [5, 5.41) is 0. The Morgan fingerprint density at radius 2 is 2.33 bits per heavy atom. The van der Waals surface area contributed by atoms with Crippen LogP contribution in [0.1, 0.15) is 6.42 Å². The summed E-state index contributed by atoms with van der Waals surface area (Å²) < 4.78 is 1.15. The zero-order valence-electron chi connectivity index (χ0n) is 8.32. The molecule has 0 radical (unpaired) electrons. The molecule has 0 saturated carbocycles. The molecule has 1 aromatic rings. The van der Waals surface area contributed by atoms with Crippen molar-refractivity contribution >= 4 is 34.2 Å². The molecular formula is C11H13IN2O. The number of carbonyl (C=O) groups is 1. The molecule has 1 amide bonds. The van der Waals surface area contributed by atoms with E-state index in [1.807, 2.05) is 29.2 Å². The van der Waals surface area contributed by atoms with E-state index >= 15 is 0 Å². The molecule has 15 heavy (non-hydrogen) atoms. The van der Waals surface area contributed by atoms with E-state index in [0.29, 0.717) is 18.9 Å². The van der Waals surface area contributed by atoms with E-state index in [2.05, 4.69) is 22.6 Å². The molecule has 2 rings (SSSR count). The lowest BCUT2D eigenvalue weighted by Crippen LogP contribution is -2.25. The summed E-state index contributed by atoms with van der Waals surface area (Å²) in [5.74, 6) is 0.503. The van der Waals surface area contributed by atoms with Crippen LogP contribution in [0.4, 0.5) is 5.69 Å². The van der Waals surface area contributed by atoms with Gasteiger partial charge in [-0.05, 0) is 53.3 Å². The molecule has 1 atom stereocenters. The predicted molar refractivity (Wildman–Crippen MR) is 68.7 cm³/mol. The minimum atomic E-state index is 0.187. The van der Waals surface area contributed by atoms with Gasteiger partial charge in [-0.25, -0.2) is 0 Å². The Labute approximate surface area is 103 Å². The van der Waals surface area contributed by atoms with Gasteiger partial charge in [-0.3, -0.25) is 4.79 Å². The average molecular weight is 316 g/mol. The average Bonchev–Trinajstić information content (AvgIpc) is 2.60. The van der Waals surface area contributed by atoms with Crippen LogP contribution < -0.4 is 10.6 Å². The van der Waals surface area contributed by atoms with E-state index in [-0.39, 0.29) is 5.91 Å². The van der Waals surface area contributed by atoms with Crippen LogP contribution in [0.5, 0.6) is 0 Å². The number of amides is 1. The molecule has 0 aliphatic carbocycles. The van der Waals surface area contributed by atoms with Crippen LogP contribution in [0.3, 0.4) is 0 Å². The van der Waals surface area contributed by atoms with Crippen molar-refractivity contribution in [2.75, 3.05) is 18.0 Å². The Balaban J connectivity index is 2.21. The lowest BCUT2D eigenvalue weighted by atomic mass is 10.1. The highest BCUT2D eigenvalue weighted by molar-refractivity contribution is 14.1. The highest BCUT2D eigenvalue weighted by Crippen LogP contribution is 2.25. The number of anilines is 1. The van der Waals surface area contributed by atoms with Gasteiger partial charge in [-0.15, -0.1) is 0 Å². The summed E-state index contributed by atoms with van der Waals surface area (Å²) in [6, 6.07) is 7.99. The Hall–Kier alpha value is -0.620. The van der Waals surface area contributed by atoms with Crippen LogP contribution >= 0.6 is 22.6 Å². The Bertz CT molecular complexity index is 381. The van der Waals surface area contributed by atoms with Crippen LogP contribution in [-0.2, 0) is 4.79 Å². The number of benzene rings is 1. The van der Waals surface area contributed by atoms with Crippen molar-refractivity contribution in [1.29, 1.82) is 0 Å². The number of hydrogen-bond acceptors (Lipinski definition) is 2. The zero-order valence-corrected chi connectivity index (χ0v) is 10.5. The van der Waals surface area contributed by atoms with Gasteiger partial charge in [0.15, 0.2) is 0 Å². The van der Waals surface area contributed by atoms with Crippen LogP contribution in [0.25, 0.3) is 0 Å². The van der Waals surface area contributed by atoms with Gasteiger partial charge in [0.2, 0.25) is 5.91 Å². The number of carbonyl (C=O) groups excluding carboxylic acids is 1. The van der Waals surface area contributed by atoms with Crippen molar-refractivity contribution in [1.82, 2.24) is 0 Å². The predicted octanol–water partition coefficient (Wildman–Crippen LogP) is 1.60. The van der Waals surface area contributed by atoms with Crippen molar-refractivity contribution in [2.45, 2.75) is 6.42 Å². The molecule has 0 spiro atoms. The standard InChI is InChI=1S/C11H13IN2O/c12-9-2-1-3-10(5-9)14-7-8(6-13)4-11(14)15/h1-3,5,8H,4,6-7,13H2. The molecule has 1 aliphatic rings. The molecule has 2 N–H and O–H groups in total. The van der Waals surface area contributed by atoms with E-state index in [4.69, 9.17) is 5.73 Å². The minimum Gasteiger partial charge on any atom is -0.330 e. The van der Waals surface area contributed by atoms with Crippen LogP contribution in [0.15, 0.2) is 24.3 Å². The summed E-state index contributed by atoms with van der Waals surface area (Å²) in [6.45, 7) is 1.35. The maximum atomic E-state index is 11.7. The number of rotatable bonds is 2. The SMILES string of the molecule is NCC1CC(=O)N(c2cccc(I)c2)C1. The largest absolute Gasteiger partial charge is 0.330 e. The van der Waals surface area contributed by atoms with Crippen molar-refractivity contribution in [3.63, 3.8) is 0 Å². The van der Waals surface area contributed by atoms with Crippen LogP contribution in [-0.4, -0.2) is 19.0 Å². The number of hydrogen-bond donors (Lipinski definition) is 1. The lowest BCUT2D eigenvalue weighted by molar-refractivity contribution is -0.117. The highest BCUT2D eigenvalue weighted by Gasteiger charge is 2.29. The fraction of sp³-hybridized carbons (Fsp3) is 0.364. The zero-order chi connectivity index (χ0) is 10.8. The van der Waals surface area contributed by atoms with E-state index in [1.165, 1.54) is 0 Å². The van der Waals surface area contributed by atoms with Gasteiger partial charge in [0, 0.05) is 22.2 Å². The first-order chi connectivity index (χ1) is 7.20. The van der Waals surface area contributed by atoms with E-state index in [1.54, 1.807) is 0 Å². The Kier molecular flexibility index (Phi) is 3.25. The summed E-state index contributed by atoms with van der Waals surface area (Å²) >= 11 is 2.25. The summed E-state index contributed by atoms with van der Waals surface area (Å²) in [7, 11) is 0. The summed E-state index contributed by atoms with van der Waals surface area (Å²) in [5.41, 5.74) is 6.57. The Morgan fingerprint density at radius 3 is 2.93 bits per heavy atom. The van der Waals surface area contributed by atoms with Gasteiger partial charge in [-0.2, -0.15) is 0 Å². The van der Waals surface area contributed by atoms with E-state index in [0.717, 1.165) is 15.8 Å². The molecule has 1 aromatic carbocycles. The van der Waals surface area contributed by atoms with E-state index < -0.39 is 0 Å². The first-order valence-corrected chi connectivity index (χ1v) is 6.04. The number of nitrogens with two attached hydrogens (primary N) is 1. The van der Waals surface area contributed by atoms with Gasteiger partial charge in [0.1, 0.15) is 0 Å². The normalized spacial score (nSPS) is 21.1. The topological polar surface area (TPSA) is 46.3 Å². The maximum absolute atomic E-state index is 11.7. The fourth-order valence-electron chi connectivity index (χ4n) is 1.83. The van der Waals surface area contributed by atoms with Gasteiger partial charge < -0.3 is 10.6 Å². The van der Waals surface area contributed by atoms with Gasteiger partial charge >= 0.3 is 0 Å². The third kappa shape index (κ3) is 2.31. The first-order valence-electron chi connectivity index (χ1n) is 4.96. The molecule has 80 valence electrons. The van der Waals surface area contributed by atoms with Crippen molar-refractivity contribution < 1.29 is 4.79 Å². The van der Waals surface area contributed by atoms with Gasteiger partial charge in [-0.1, -0.05) is 6.07 Å². The van der Waals surface area contributed by atoms with Crippen molar-refractivity contribution in [2.24, 2.45) is 11.7 Å². The third-order valence-electron chi connectivity index (χ3n) is 2.66. The van der Waals surface area contributed by atoms with Crippen molar-refractivity contribution in [3.05, 3.63) is 27.8 Å². The second-order valence-corrected chi connectivity index (χ2v) is 5.04. The number of nitrogens with zero attached hydrogens (tertiary/aromatic N) is 1. The summed E-state index contributed by atoms with van der Waals surface area (Å²) in [4.78, 5) is 13.6. The Morgan fingerprint density at radius 1 is 1.53 bits per heavy atom. The second-order valence-electron chi connectivity index (χ2n) is 3.79. The third-order valence-corrected chi connectivity index (χ3v) is 3.33. The molecule has 0 bridgehead atoms. The number of halogens is 1. The van der Waals surface area contributed by atoms with Gasteiger partial charge in [0.25, 0.3) is 0 Å². The van der Waals surface area contributed by atoms with Crippen molar-refractivity contribution in [3.8, 4) is 0 Å². The molecule has 1 heterocycles. The highest BCUT2D eigenvalue weighted by atomic mass is 127. The smallest absolute Gasteiger partial charge is 0.227 e. The van der Waals surface area contributed by atoms with Crippen LogP contribution in [0, 0.1) is 9.49 Å². The molecule has 3 nitrogen and oxygen atoms in total. The molecule has 1 unspecified atom stereocenters. The molecule has 0 aromatic heterocycles. The van der Waals surface area contributed by atoms with Gasteiger partial charge in [0.05, 0.1) is 0 Å². The van der Waals surface area contributed by atoms with E-state index in [9.17, 15) is 4.79 Å². The maximum Gasteiger partial charge on any atom is 0.227 e. The fourth-order valence-corrected chi connectivity index (χ4v) is 2.36. The quantitative estimate of drug-likeness (QED) is 0.843. The monoisotopic (exact) mass is 316 g/mol. The molecular weight excluding hydrogens is 303 g/mol. The second kappa shape index (κ2) is 4.49. The minimum absolute atomic E-state index is 0.187. The first kappa shape index (κ1) is 10.9. The summed E-state index contributed by atoms with van der Waals surface area (Å²) in [6.07, 6.45) is 0.585.